The van der Waals surface area contributed by atoms with Crippen molar-refractivity contribution in [1.82, 2.24) is 15.6 Å². The van der Waals surface area contributed by atoms with Gasteiger partial charge in [-0.05, 0) is 56.7 Å². The predicted octanol–water partition coefficient (Wildman–Crippen LogP) is 1.78. The minimum atomic E-state index is -1.29. The van der Waals surface area contributed by atoms with E-state index in [4.69, 9.17) is 0 Å². The highest BCUT2D eigenvalue weighted by molar-refractivity contribution is 6.04. The number of ketones is 1. The second-order valence-electron chi connectivity index (χ2n) is 9.25. The first-order valence-electron chi connectivity index (χ1n) is 11.7. The van der Waals surface area contributed by atoms with Crippen LogP contribution in [0.5, 0.6) is 5.88 Å². The van der Waals surface area contributed by atoms with Crippen molar-refractivity contribution in [3.63, 3.8) is 0 Å². The maximum Gasteiger partial charge on any atom is 0.252 e. The van der Waals surface area contributed by atoms with E-state index in [2.05, 4.69) is 15.6 Å². The zero-order valence-electron chi connectivity index (χ0n) is 19.5. The quantitative estimate of drug-likeness (QED) is 0.420. The molecule has 35 heavy (non-hydrogen) atoms. The summed E-state index contributed by atoms with van der Waals surface area (Å²) in [4.78, 5) is 43.2. The number of nitrogens with one attached hydrogen (secondary N) is 2. The van der Waals surface area contributed by atoms with Crippen molar-refractivity contribution in [3.8, 4) is 5.88 Å². The second kappa shape index (κ2) is 9.99. The third kappa shape index (κ3) is 5.43. The molecule has 0 spiro atoms. The van der Waals surface area contributed by atoms with Crippen LogP contribution in [0.3, 0.4) is 0 Å². The van der Waals surface area contributed by atoms with Crippen LogP contribution in [0, 0.1) is 11.7 Å². The number of carbonyl (C=O) groups excluding carboxylic acids is 3. The summed E-state index contributed by atoms with van der Waals surface area (Å²) in [6, 6.07) is 7.16. The predicted molar refractivity (Wildman–Crippen MR) is 126 cm³/mol. The minimum Gasteiger partial charge on any atom is -0.493 e. The van der Waals surface area contributed by atoms with Gasteiger partial charge in [0.2, 0.25) is 11.8 Å². The molecule has 2 aromatic rings. The minimum absolute atomic E-state index is 0.0943. The third-order valence-electron chi connectivity index (χ3n) is 6.67. The van der Waals surface area contributed by atoms with E-state index in [1.54, 1.807) is 12.1 Å². The molecule has 0 radical (unpaired) electrons. The van der Waals surface area contributed by atoms with Crippen molar-refractivity contribution in [1.29, 1.82) is 0 Å². The average molecular weight is 485 g/mol. The monoisotopic (exact) mass is 484 g/mol. The summed E-state index contributed by atoms with van der Waals surface area (Å²) in [6.45, 7) is 2.93. The molecule has 1 aromatic heterocycles. The average Bonchev–Trinajstić information content (AvgIpc) is 3.63. The molecule has 2 fully saturated rings. The van der Waals surface area contributed by atoms with Crippen LogP contribution in [-0.2, 0) is 4.79 Å². The van der Waals surface area contributed by atoms with Gasteiger partial charge in [-0.25, -0.2) is 9.37 Å². The zero-order valence-corrected chi connectivity index (χ0v) is 19.5. The lowest BCUT2D eigenvalue weighted by atomic mass is 9.94. The van der Waals surface area contributed by atoms with Crippen molar-refractivity contribution in [2.75, 3.05) is 24.5 Å². The first-order chi connectivity index (χ1) is 16.7. The third-order valence-corrected chi connectivity index (χ3v) is 6.67. The number of halogens is 1. The van der Waals surface area contributed by atoms with E-state index >= 15 is 0 Å². The number of rotatable bonds is 8. The molecule has 1 aliphatic carbocycles. The maximum atomic E-state index is 14.4. The van der Waals surface area contributed by atoms with Crippen molar-refractivity contribution in [2.24, 2.45) is 5.92 Å². The Labute approximate surface area is 202 Å². The molecule has 186 valence electrons. The normalized spacial score (nSPS) is 18.0. The molecule has 1 unspecified atom stereocenters. The number of anilines is 1. The Morgan fingerprint density at radius 2 is 1.94 bits per heavy atom. The van der Waals surface area contributed by atoms with Gasteiger partial charge in [-0.15, -0.1) is 0 Å². The number of aliphatic hydroxyl groups excluding tert-OH is 1. The maximum absolute atomic E-state index is 14.4. The number of carbonyl (C=O) groups is 3. The number of nitrogens with zero attached hydrogens (tertiary/aromatic N) is 2. The fourth-order valence-electron chi connectivity index (χ4n) is 4.40. The van der Waals surface area contributed by atoms with Crippen molar-refractivity contribution >= 4 is 23.3 Å². The summed E-state index contributed by atoms with van der Waals surface area (Å²) >= 11 is 0. The molecule has 2 aliphatic rings. The van der Waals surface area contributed by atoms with Gasteiger partial charge >= 0.3 is 0 Å². The number of amides is 2. The van der Waals surface area contributed by atoms with E-state index < -0.39 is 29.2 Å². The number of pyridine rings is 1. The molecule has 1 aliphatic heterocycles. The molecule has 0 bridgehead atoms. The van der Waals surface area contributed by atoms with Crippen LogP contribution in [0.2, 0.25) is 0 Å². The van der Waals surface area contributed by atoms with Crippen molar-refractivity contribution in [3.05, 3.63) is 53.5 Å². The smallest absolute Gasteiger partial charge is 0.252 e. The van der Waals surface area contributed by atoms with Gasteiger partial charge in [0.15, 0.2) is 5.78 Å². The summed E-state index contributed by atoms with van der Waals surface area (Å²) < 4.78 is 14.4. The van der Waals surface area contributed by atoms with Crippen molar-refractivity contribution in [2.45, 2.75) is 44.2 Å². The molecule has 1 aromatic carbocycles. The van der Waals surface area contributed by atoms with Crippen molar-refractivity contribution < 1.29 is 29.0 Å². The van der Waals surface area contributed by atoms with Gasteiger partial charge in [0.05, 0.1) is 11.3 Å². The summed E-state index contributed by atoms with van der Waals surface area (Å²) in [5.41, 5.74) is -0.327. The Bertz CT molecular complexity index is 1130. The van der Waals surface area contributed by atoms with Gasteiger partial charge in [-0.1, -0.05) is 6.07 Å². The Kier molecular flexibility index (Phi) is 7.02. The van der Waals surface area contributed by atoms with Crippen LogP contribution >= 0.6 is 0 Å². The molecule has 2 amide bonds. The molecule has 4 N–H and O–H groups in total. The zero-order chi connectivity index (χ0) is 25.2. The molecule has 2 heterocycles. The number of Topliss-reactive ketones (excluding diaryl/α,β-unsaturated/α-hetero) is 1. The van der Waals surface area contributed by atoms with Gasteiger partial charge < -0.3 is 25.7 Å². The van der Waals surface area contributed by atoms with E-state index in [0.717, 1.165) is 12.8 Å². The van der Waals surface area contributed by atoms with Crippen LogP contribution in [0.1, 0.15) is 53.3 Å². The van der Waals surface area contributed by atoms with E-state index in [1.807, 2.05) is 4.90 Å². The van der Waals surface area contributed by atoms with Crippen LogP contribution in [0.25, 0.3) is 0 Å². The number of hydrogen-bond donors (Lipinski definition) is 4. The molecule has 9 nitrogen and oxygen atoms in total. The van der Waals surface area contributed by atoms with Gasteiger partial charge in [-0.3, -0.25) is 14.4 Å². The Morgan fingerprint density at radius 1 is 1.23 bits per heavy atom. The molecular weight excluding hydrogens is 455 g/mol. The fraction of sp³-hybridized carbons (Fsp3) is 0.440. The highest BCUT2D eigenvalue weighted by Gasteiger charge is 2.51. The lowest BCUT2D eigenvalue weighted by Gasteiger charge is -2.35. The summed E-state index contributed by atoms with van der Waals surface area (Å²) in [7, 11) is 0. The first kappa shape index (κ1) is 24.6. The lowest BCUT2D eigenvalue weighted by Crippen LogP contribution is -2.50. The number of benzene rings is 1. The van der Waals surface area contributed by atoms with E-state index in [-0.39, 0.29) is 28.8 Å². The van der Waals surface area contributed by atoms with Crippen LogP contribution in [0.15, 0.2) is 36.5 Å². The Balaban J connectivity index is 1.30. The standard InChI is InChI=1S/C25H29FN4O5/c1-15(31)22(33)21-18(26)3-2-4-19(21)30-11-6-16(7-12-30)14-28-24(35)25(8-9-25)29-23(34)17-5-10-27-20(32)13-17/h2-5,10,13,15-16,31H,6-9,11-12,14H2,1H3,(H,27,32)(H,28,35)(H,29,34). The van der Waals surface area contributed by atoms with Gasteiger partial charge in [0.1, 0.15) is 17.5 Å². The van der Waals surface area contributed by atoms with E-state index in [0.29, 0.717) is 38.2 Å². The SMILES string of the molecule is CC(O)C(=O)c1c(F)cccc1N1CCC(CNC(=O)C2(NC(=O)c3ccnc(O)c3)CC2)CC1. The number of hydrogen-bond acceptors (Lipinski definition) is 7. The number of aromatic hydroxyl groups is 1. The molecule has 1 saturated heterocycles. The molecule has 4 rings (SSSR count). The molecule has 10 heteroatoms. The van der Waals surface area contributed by atoms with Crippen LogP contribution in [0.4, 0.5) is 10.1 Å². The largest absolute Gasteiger partial charge is 0.493 e. The summed E-state index contributed by atoms with van der Waals surface area (Å²) in [6.07, 6.45) is 2.57. The Morgan fingerprint density at radius 3 is 2.57 bits per heavy atom. The molecule has 1 saturated carbocycles. The fourth-order valence-corrected chi connectivity index (χ4v) is 4.40. The molecule has 1 atom stereocenters. The topological polar surface area (TPSA) is 132 Å². The Hall–Kier alpha value is -3.53. The lowest BCUT2D eigenvalue weighted by molar-refractivity contribution is -0.124. The van der Waals surface area contributed by atoms with Gasteiger partial charge in [-0.2, -0.15) is 0 Å². The van der Waals surface area contributed by atoms with Crippen LogP contribution in [-0.4, -0.2) is 64.1 Å². The highest BCUT2D eigenvalue weighted by Crippen LogP contribution is 2.36. The molecular formula is C25H29FN4O5. The number of piperidine rings is 1. The number of aliphatic hydroxyl groups is 1. The van der Waals surface area contributed by atoms with Gasteiger partial charge in [0, 0.05) is 37.5 Å². The van der Waals surface area contributed by atoms with E-state index in [9.17, 15) is 29.0 Å². The van der Waals surface area contributed by atoms with Crippen LogP contribution < -0.4 is 15.5 Å². The number of aromatic nitrogens is 1. The summed E-state index contributed by atoms with van der Waals surface area (Å²) in [5.74, 6) is -2.04. The second-order valence-corrected chi connectivity index (χ2v) is 9.25. The van der Waals surface area contributed by atoms with Gasteiger partial charge in [0.25, 0.3) is 5.91 Å². The summed E-state index contributed by atoms with van der Waals surface area (Å²) in [5, 5.41) is 24.9. The highest BCUT2D eigenvalue weighted by atomic mass is 19.1. The van der Waals surface area contributed by atoms with E-state index in [1.165, 1.54) is 31.3 Å². The first-order valence-corrected chi connectivity index (χ1v) is 11.7.